The van der Waals surface area contributed by atoms with Gasteiger partial charge in [0.15, 0.2) is 6.29 Å². The number of hydrogen-bond acceptors (Lipinski definition) is 3. The number of benzene rings is 1. The first-order chi connectivity index (χ1) is 9.24. The standard InChI is InChI=1S/C15H20ClNO2/c1-2-8-19-14-4-3-7-17(10-14)15-9-13(16)6-5-12(15)11-18/h5-6,9,11,14H,2-4,7-8,10H2,1H3. The van der Waals surface area contributed by atoms with E-state index in [0.29, 0.717) is 10.6 Å². The summed E-state index contributed by atoms with van der Waals surface area (Å²) in [5, 5.41) is 0.664. The molecule has 2 rings (SSSR count). The third-order valence-corrected chi connectivity index (χ3v) is 3.63. The summed E-state index contributed by atoms with van der Waals surface area (Å²) >= 11 is 6.04. The molecule has 104 valence electrons. The third kappa shape index (κ3) is 3.71. The van der Waals surface area contributed by atoms with Crippen molar-refractivity contribution in [3.8, 4) is 0 Å². The first-order valence-corrected chi connectivity index (χ1v) is 7.23. The Hall–Kier alpha value is -1.06. The van der Waals surface area contributed by atoms with Gasteiger partial charge in [-0.1, -0.05) is 18.5 Å². The highest BCUT2D eigenvalue weighted by atomic mass is 35.5. The van der Waals surface area contributed by atoms with Crippen LogP contribution < -0.4 is 4.90 Å². The van der Waals surface area contributed by atoms with E-state index in [0.717, 1.165) is 50.9 Å². The molecule has 0 spiro atoms. The van der Waals surface area contributed by atoms with Crippen LogP contribution in [0.2, 0.25) is 5.02 Å². The molecule has 1 aliphatic rings. The summed E-state index contributed by atoms with van der Waals surface area (Å²) in [6.45, 7) is 4.70. The Kier molecular flexibility index (Phi) is 5.23. The van der Waals surface area contributed by atoms with E-state index >= 15 is 0 Å². The maximum atomic E-state index is 11.1. The van der Waals surface area contributed by atoms with E-state index in [1.165, 1.54) is 0 Å². The van der Waals surface area contributed by atoms with Crippen molar-refractivity contribution >= 4 is 23.6 Å². The Balaban J connectivity index is 2.12. The van der Waals surface area contributed by atoms with Crippen molar-refractivity contribution in [1.29, 1.82) is 0 Å². The van der Waals surface area contributed by atoms with Gasteiger partial charge in [0.25, 0.3) is 0 Å². The van der Waals surface area contributed by atoms with E-state index in [9.17, 15) is 4.79 Å². The molecule has 19 heavy (non-hydrogen) atoms. The molecule has 0 saturated carbocycles. The minimum atomic E-state index is 0.257. The molecule has 0 aromatic heterocycles. The Labute approximate surface area is 119 Å². The van der Waals surface area contributed by atoms with Crippen LogP contribution in [0.3, 0.4) is 0 Å². The van der Waals surface area contributed by atoms with Crippen molar-refractivity contribution in [3.05, 3.63) is 28.8 Å². The van der Waals surface area contributed by atoms with Crippen LogP contribution >= 0.6 is 11.6 Å². The normalized spacial score (nSPS) is 19.5. The number of rotatable bonds is 5. The van der Waals surface area contributed by atoms with Gasteiger partial charge in [-0.25, -0.2) is 0 Å². The Morgan fingerprint density at radius 2 is 2.37 bits per heavy atom. The Bertz CT molecular complexity index is 436. The molecule has 1 heterocycles. The lowest BCUT2D eigenvalue weighted by molar-refractivity contribution is 0.0440. The molecule has 1 unspecified atom stereocenters. The second kappa shape index (κ2) is 6.92. The number of hydrogen-bond donors (Lipinski definition) is 0. The minimum Gasteiger partial charge on any atom is -0.376 e. The molecule has 1 aromatic carbocycles. The van der Waals surface area contributed by atoms with Gasteiger partial charge in [0, 0.05) is 36.0 Å². The van der Waals surface area contributed by atoms with E-state index in [-0.39, 0.29) is 6.10 Å². The number of anilines is 1. The number of halogens is 1. The zero-order valence-corrected chi connectivity index (χ0v) is 12.0. The van der Waals surface area contributed by atoms with Gasteiger partial charge in [-0.2, -0.15) is 0 Å². The van der Waals surface area contributed by atoms with Crippen LogP contribution in [-0.4, -0.2) is 32.1 Å². The molecule has 1 aliphatic heterocycles. The molecule has 4 heteroatoms. The van der Waals surface area contributed by atoms with Crippen molar-refractivity contribution < 1.29 is 9.53 Å². The van der Waals surface area contributed by atoms with Crippen LogP contribution in [0.5, 0.6) is 0 Å². The summed E-state index contributed by atoms with van der Waals surface area (Å²) in [6.07, 6.45) is 4.36. The lowest BCUT2D eigenvalue weighted by Crippen LogP contribution is -2.40. The van der Waals surface area contributed by atoms with Crippen LogP contribution in [0.4, 0.5) is 5.69 Å². The second-order valence-corrected chi connectivity index (χ2v) is 5.34. The number of carbonyl (C=O) groups is 1. The van der Waals surface area contributed by atoms with Gasteiger partial charge in [0.2, 0.25) is 0 Å². The zero-order valence-electron chi connectivity index (χ0n) is 11.3. The summed E-state index contributed by atoms with van der Waals surface area (Å²) < 4.78 is 5.82. The van der Waals surface area contributed by atoms with Crippen LogP contribution in [-0.2, 0) is 4.74 Å². The van der Waals surface area contributed by atoms with Crippen LogP contribution in [0, 0.1) is 0 Å². The van der Waals surface area contributed by atoms with Crippen LogP contribution in [0.1, 0.15) is 36.5 Å². The summed E-state index contributed by atoms with van der Waals surface area (Å²) in [5.41, 5.74) is 1.62. The van der Waals surface area contributed by atoms with E-state index in [4.69, 9.17) is 16.3 Å². The zero-order chi connectivity index (χ0) is 13.7. The van der Waals surface area contributed by atoms with Crippen LogP contribution in [0.15, 0.2) is 18.2 Å². The molecule has 0 aliphatic carbocycles. The highest BCUT2D eigenvalue weighted by molar-refractivity contribution is 6.31. The Morgan fingerprint density at radius 1 is 1.53 bits per heavy atom. The SMILES string of the molecule is CCCOC1CCCN(c2cc(Cl)ccc2C=O)C1. The van der Waals surface area contributed by atoms with Gasteiger partial charge in [-0.3, -0.25) is 4.79 Å². The summed E-state index contributed by atoms with van der Waals surface area (Å²) in [5.74, 6) is 0. The van der Waals surface area contributed by atoms with E-state index < -0.39 is 0 Å². The average Bonchev–Trinajstić information content (AvgIpc) is 2.45. The Morgan fingerprint density at radius 3 is 3.11 bits per heavy atom. The molecule has 1 fully saturated rings. The molecule has 0 radical (unpaired) electrons. The predicted octanol–water partition coefficient (Wildman–Crippen LogP) is 3.55. The first kappa shape index (κ1) is 14.4. The van der Waals surface area contributed by atoms with Crippen molar-refractivity contribution in [2.45, 2.75) is 32.3 Å². The molecule has 3 nitrogen and oxygen atoms in total. The fourth-order valence-corrected chi connectivity index (χ4v) is 2.63. The summed E-state index contributed by atoms with van der Waals surface area (Å²) in [4.78, 5) is 13.3. The second-order valence-electron chi connectivity index (χ2n) is 4.90. The van der Waals surface area contributed by atoms with Gasteiger partial charge in [-0.15, -0.1) is 0 Å². The van der Waals surface area contributed by atoms with Gasteiger partial charge < -0.3 is 9.64 Å². The molecule has 0 bridgehead atoms. The monoisotopic (exact) mass is 281 g/mol. The van der Waals surface area contributed by atoms with Crippen molar-refractivity contribution in [1.82, 2.24) is 0 Å². The highest BCUT2D eigenvalue weighted by Gasteiger charge is 2.22. The van der Waals surface area contributed by atoms with E-state index in [2.05, 4.69) is 11.8 Å². The number of nitrogens with zero attached hydrogens (tertiary/aromatic N) is 1. The minimum absolute atomic E-state index is 0.257. The maximum Gasteiger partial charge on any atom is 0.152 e. The van der Waals surface area contributed by atoms with Crippen molar-refractivity contribution in [3.63, 3.8) is 0 Å². The number of carbonyl (C=O) groups excluding carboxylic acids is 1. The third-order valence-electron chi connectivity index (χ3n) is 3.40. The smallest absolute Gasteiger partial charge is 0.152 e. The molecule has 1 aromatic rings. The van der Waals surface area contributed by atoms with Crippen LogP contribution in [0.25, 0.3) is 0 Å². The predicted molar refractivity (Wildman–Crippen MR) is 78.3 cm³/mol. The molecule has 0 amide bonds. The molecular weight excluding hydrogens is 262 g/mol. The maximum absolute atomic E-state index is 11.1. The van der Waals surface area contributed by atoms with Crippen molar-refractivity contribution in [2.75, 3.05) is 24.6 Å². The first-order valence-electron chi connectivity index (χ1n) is 6.86. The molecule has 0 N–H and O–H groups in total. The van der Waals surface area contributed by atoms with Crippen molar-refractivity contribution in [2.24, 2.45) is 0 Å². The lowest BCUT2D eigenvalue weighted by atomic mass is 10.1. The quantitative estimate of drug-likeness (QED) is 0.773. The molecule has 1 atom stereocenters. The molecule has 1 saturated heterocycles. The topological polar surface area (TPSA) is 29.5 Å². The van der Waals surface area contributed by atoms with Gasteiger partial charge >= 0.3 is 0 Å². The van der Waals surface area contributed by atoms with E-state index in [1.54, 1.807) is 12.1 Å². The summed E-state index contributed by atoms with van der Waals surface area (Å²) in [6, 6.07) is 5.40. The number of piperidine rings is 1. The number of ether oxygens (including phenoxy) is 1. The van der Waals surface area contributed by atoms with Gasteiger partial charge in [-0.05, 0) is 37.5 Å². The fourth-order valence-electron chi connectivity index (χ4n) is 2.47. The fraction of sp³-hybridized carbons (Fsp3) is 0.533. The van der Waals surface area contributed by atoms with E-state index in [1.807, 2.05) is 6.07 Å². The average molecular weight is 282 g/mol. The van der Waals surface area contributed by atoms with Gasteiger partial charge in [0.1, 0.15) is 0 Å². The molecular formula is C15H20ClNO2. The summed E-state index contributed by atoms with van der Waals surface area (Å²) in [7, 11) is 0. The van der Waals surface area contributed by atoms with Gasteiger partial charge in [0.05, 0.1) is 6.10 Å². The largest absolute Gasteiger partial charge is 0.376 e. The lowest BCUT2D eigenvalue weighted by Gasteiger charge is -2.35. The highest BCUT2D eigenvalue weighted by Crippen LogP contribution is 2.27. The number of aldehydes is 1.